The van der Waals surface area contributed by atoms with Crippen molar-refractivity contribution >= 4 is 76.3 Å². The molecule has 0 unspecified atom stereocenters. The molecule has 0 amide bonds. The molecule has 1 fully saturated rings. The Kier molecular flexibility index (Phi) is 9.01. The van der Waals surface area contributed by atoms with Gasteiger partial charge in [-0.1, -0.05) is 0 Å². The number of halogens is 1. The summed E-state index contributed by atoms with van der Waals surface area (Å²) in [6.45, 7) is 4.51. The zero-order chi connectivity index (χ0) is 29.9. The zero-order valence-electron chi connectivity index (χ0n) is 24.4. The van der Waals surface area contributed by atoms with E-state index < -0.39 is 0 Å². The summed E-state index contributed by atoms with van der Waals surface area (Å²) in [6.07, 6.45) is 3.54. The Balaban J connectivity index is 0.000000157. The Morgan fingerprint density at radius 2 is 1.21 bits per heavy atom. The number of fused-ring (bicyclic) bond motifs is 4. The smallest absolute Gasteiger partial charge is 0.154 e. The highest BCUT2D eigenvalue weighted by Crippen LogP contribution is 2.47. The Hall–Kier alpha value is -3.41. The van der Waals surface area contributed by atoms with E-state index in [1.807, 2.05) is 30.3 Å². The second kappa shape index (κ2) is 13.1. The molecular weight excluding hydrogens is 606 g/mol. The normalized spacial score (nSPS) is 13.8. The lowest BCUT2D eigenvalue weighted by Crippen LogP contribution is -2.35. The third-order valence-electron chi connectivity index (χ3n) is 7.43. The molecule has 7 rings (SSSR count). The predicted octanol–water partition coefficient (Wildman–Crippen LogP) is 7.50. The van der Waals surface area contributed by atoms with Crippen molar-refractivity contribution in [2.24, 2.45) is 0 Å². The van der Waals surface area contributed by atoms with Crippen LogP contribution >= 0.6 is 34.3 Å². The fourth-order valence-electron chi connectivity index (χ4n) is 5.54. The molecule has 0 radical (unpaired) electrons. The zero-order valence-corrected chi connectivity index (χ0v) is 26.8. The molecular formula is C32H32ClN3O5S2. The van der Waals surface area contributed by atoms with Crippen LogP contribution in [0.5, 0.6) is 23.0 Å². The van der Waals surface area contributed by atoms with Gasteiger partial charge in [-0.05, 0) is 36.4 Å². The largest absolute Gasteiger partial charge is 0.495 e. The summed E-state index contributed by atoms with van der Waals surface area (Å²) >= 11 is 9.33. The topological polar surface area (TPSA) is 75.2 Å². The molecule has 1 saturated heterocycles. The monoisotopic (exact) mass is 637 g/mol. The van der Waals surface area contributed by atoms with Gasteiger partial charge in [0.15, 0.2) is 11.5 Å². The van der Waals surface area contributed by atoms with Crippen molar-refractivity contribution < 1.29 is 23.7 Å². The van der Waals surface area contributed by atoms with Gasteiger partial charge in [0.05, 0.1) is 56.9 Å². The number of hydrogen-bond acceptors (Lipinski definition) is 10. The van der Waals surface area contributed by atoms with E-state index in [-0.39, 0.29) is 0 Å². The Morgan fingerprint density at radius 3 is 1.70 bits per heavy atom. The highest BCUT2D eigenvalue weighted by Gasteiger charge is 2.21. The van der Waals surface area contributed by atoms with Crippen molar-refractivity contribution in [1.82, 2.24) is 14.9 Å². The van der Waals surface area contributed by atoms with Crippen LogP contribution in [0.3, 0.4) is 0 Å². The van der Waals surface area contributed by atoms with E-state index in [9.17, 15) is 0 Å². The van der Waals surface area contributed by atoms with Crippen LogP contribution in [0.25, 0.3) is 42.0 Å². The highest BCUT2D eigenvalue weighted by molar-refractivity contribution is 7.20. The van der Waals surface area contributed by atoms with Gasteiger partial charge in [0.1, 0.15) is 22.5 Å². The summed E-state index contributed by atoms with van der Waals surface area (Å²) in [6, 6.07) is 12.1. The molecule has 1 aliphatic rings. The van der Waals surface area contributed by atoms with Crippen LogP contribution in [0, 0.1) is 0 Å². The average molecular weight is 638 g/mol. The maximum atomic E-state index is 5.93. The molecule has 11 heteroatoms. The summed E-state index contributed by atoms with van der Waals surface area (Å²) in [5.41, 5.74) is 1.66. The van der Waals surface area contributed by atoms with Crippen molar-refractivity contribution in [1.29, 1.82) is 0 Å². The van der Waals surface area contributed by atoms with E-state index in [4.69, 9.17) is 35.3 Å². The van der Waals surface area contributed by atoms with Gasteiger partial charge in [-0.3, -0.25) is 14.9 Å². The lowest BCUT2D eigenvalue weighted by molar-refractivity contribution is 0.0346. The minimum absolute atomic E-state index is 0.482. The maximum Gasteiger partial charge on any atom is 0.154 e. The summed E-state index contributed by atoms with van der Waals surface area (Å²) in [7, 11) is 6.75. The second-order valence-electron chi connectivity index (χ2n) is 9.87. The van der Waals surface area contributed by atoms with Crippen LogP contribution in [0.4, 0.5) is 0 Å². The van der Waals surface area contributed by atoms with Gasteiger partial charge in [0.2, 0.25) is 0 Å². The number of hydrogen-bond donors (Lipinski definition) is 0. The number of methoxy groups -OCH3 is 4. The van der Waals surface area contributed by atoms with E-state index in [2.05, 4.69) is 20.9 Å². The molecule has 0 atom stereocenters. The van der Waals surface area contributed by atoms with Crippen molar-refractivity contribution in [2.45, 2.75) is 12.4 Å². The molecule has 0 bridgehead atoms. The molecule has 5 heterocycles. The summed E-state index contributed by atoms with van der Waals surface area (Å²) in [5.74, 6) is 3.80. The first kappa shape index (κ1) is 29.7. The first-order chi connectivity index (χ1) is 21.1. The van der Waals surface area contributed by atoms with Crippen LogP contribution in [-0.4, -0.2) is 69.6 Å². The number of pyridine rings is 2. The molecule has 2 aromatic carbocycles. The molecule has 8 nitrogen and oxygen atoms in total. The van der Waals surface area contributed by atoms with Crippen LogP contribution < -0.4 is 18.9 Å². The number of benzene rings is 2. The molecule has 0 spiro atoms. The number of morpholine rings is 1. The lowest BCUT2D eigenvalue weighted by atomic mass is 10.1. The molecule has 1 aliphatic heterocycles. The molecule has 0 N–H and O–H groups in total. The second-order valence-corrected chi connectivity index (χ2v) is 12.4. The van der Waals surface area contributed by atoms with Crippen molar-refractivity contribution in [3.05, 3.63) is 58.5 Å². The summed E-state index contributed by atoms with van der Waals surface area (Å²) in [5, 5.41) is 4.03. The van der Waals surface area contributed by atoms with Gasteiger partial charge in [-0.25, -0.2) is 0 Å². The number of rotatable bonds is 7. The van der Waals surface area contributed by atoms with Gasteiger partial charge < -0.3 is 23.7 Å². The van der Waals surface area contributed by atoms with Crippen molar-refractivity contribution in [3.8, 4) is 23.0 Å². The molecule has 43 heavy (non-hydrogen) atoms. The Labute approximate surface area is 262 Å². The first-order valence-corrected chi connectivity index (χ1v) is 16.0. The fourth-order valence-corrected chi connectivity index (χ4v) is 8.06. The third kappa shape index (κ3) is 5.54. The van der Waals surface area contributed by atoms with Crippen LogP contribution in [0.2, 0.25) is 0 Å². The van der Waals surface area contributed by atoms with Gasteiger partial charge in [0, 0.05) is 63.3 Å². The summed E-state index contributed by atoms with van der Waals surface area (Å²) in [4.78, 5) is 13.7. The van der Waals surface area contributed by atoms with E-state index in [1.165, 1.54) is 4.88 Å². The number of nitrogens with zero attached hydrogens (tertiary/aromatic N) is 3. The van der Waals surface area contributed by atoms with Gasteiger partial charge in [-0.15, -0.1) is 34.3 Å². The Morgan fingerprint density at radius 1 is 0.721 bits per heavy atom. The van der Waals surface area contributed by atoms with E-state index >= 15 is 0 Å². The quantitative estimate of drug-likeness (QED) is 0.167. The number of alkyl halides is 1. The van der Waals surface area contributed by atoms with Crippen LogP contribution in [-0.2, 0) is 17.2 Å². The van der Waals surface area contributed by atoms with Gasteiger partial charge in [0.25, 0.3) is 0 Å². The van der Waals surface area contributed by atoms with Crippen molar-refractivity contribution in [2.75, 3.05) is 54.7 Å². The molecule has 6 aromatic rings. The number of ether oxygens (including phenoxy) is 5. The summed E-state index contributed by atoms with van der Waals surface area (Å²) < 4.78 is 30.1. The number of aromatic nitrogens is 2. The van der Waals surface area contributed by atoms with Crippen LogP contribution in [0.15, 0.2) is 48.8 Å². The molecule has 4 aromatic heterocycles. The standard InChI is InChI=1S/C18H20N2O3S.C14H12ClNO2S/c1-21-16-14-10-12(11-20-6-8-23-9-7-20)24-18(14)17(22-2)13-4-3-5-19-15(13)16;1-17-12-10-6-8(7-15)19-14(10)13(18-2)9-4-3-5-16-11(9)12/h3-5,10H,6-9,11H2,1-2H3;3-6H,7H2,1-2H3. The number of thiophene rings is 2. The lowest BCUT2D eigenvalue weighted by Gasteiger charge is -2.25. The first-order valence-electron chi connectivity index (χ1n) is 13.8. The minimum Gasteiger partial charge on any atom is -0.495 e. The van der Waals surface area contributed by atoms with Crippen molar-refractivity contribution in [3.63, 3.8) is 0 Å². The average Bonchev–Trinajstić information content (AvgIpc) is 3.67. The molecule has 224 valence electrons. The van der Waals surface area contributed by atoms with E-state index in [1.54, 1.807) is 63.5 Å². The molecule has 0 saturated carbocycles. The SMILES string of the molecule is COc1c2cc(CCl)sc2c(OC)c2cccnc12.COc1c2cc(CN3CCOCC3)sc2c(OC)c2cccnc12. The van der Waals surface area contributed by atoms with E-state index in [0.29, 0.717) is 5.88 Å². The predicted molar refractivity (Wildman–Crippen MR) is 176 cm³/mol. The third-order valence-corrected chi connectivity index (χ3v) is 10.1. The maximum absolute atomic E-state index is 5.93. The molecule has 0 aliphatic carbocycles. The van der Waals surface area contributed by atoms with Crippen LogP contribution in [0.1, 0.15) is 9.75 Å². The minimum atomic E-state index is 0.482. The van der Waals surface area contributed by atoms with Gasteiger partial charge in [-0.2, -0.15) is 0 Å². The highest BCUT2D eigenvalue weighted by atomic mass is 35.5. The van der Waals surface area contributed by atoms with E-state index in [0.717, 1.165) is 103 Å². The fraction of sp³-hybridized carbons (Fsp3) is 0.312. The Bertz CT molecular complexity index is 1780. The van der Waals surface area contributed by atoms with Gasteiger partial charge >= 0.3 is 0 Å².